The van der Waals surface area contributed by atoms with Gasteiger partial charge in [0.1, 0.15) is 6.54 Å². The maximum atomic E-state index is 13.4. The Bertz CT molecular complexity index is 1050. The van der Waals surface area contributed by atoms with Crippen LogP contribution in [-0.2, 0) is 21.0 Å². The van der Waals surface area contributed by atoms with Crippen molar-refractivity contribution in [2.24, 2.45) is 0 Å². The van der Waals surface area contributed by atoms with Crippen molar-refractivity contribution in [3.8, 4) is 0 Å². The molecule has 1 N–H and O–H groups in total. The molecule has 2 aromatic carbocycles. The minimum atomic E-state index is -4.78. The lowest BCUT2D eigenvalue weighted by atomic mass is 9.97. The molecule has 10 heteroatoms. The van der Waals surface area contributed by atoms with Gasteiger partial charge in [0.2, 0.25) is 5.91 Å². The van der Waals surface area contributed by atoms with E-state index >= 15 is 0 Å². The second kappa shape index (κ2) is 10.8. The first-order valence-corrected chi connectivity index (χ1v) is 12.6. The van der Waals surface area contributed by atoms with Crippen LogP contribution in [0.2, 0.25) is 5.02 Å². The van der Waals surface area contributed by atoms with E-state index in [1.807, 2.05) is 0 Å². The number of nitrogens with zero attached hydrogens (tertiary/aromatic N) is 1. The summed E-state index contributed by atoms with van der Waals surface area (Å²) in [4.78, 5) is 12.7. The molecule has 1 saturated carbocycles. The largest absolute Gasteiger partial charge is 0.417 e. The molecule has 0 atom stereocenters. The SMILES string of the molecule is O=C(CN(c1ccc(Cl)c(C(F)(F)F)c1)S(=O)(=O)c1ccccc1)NC1CCCCCCC1. The Hall–Kier alpha value is -2.26. The summed E-state index contributed by atoms with van der Waals surface area (Å²) in [5.41, 5.74) is -1.46. The van der Waals surface area contributed by atoms with E-state index in [-0.39, 0.29) is 16.6 Å². The molecule has 0 bridgehead atoms. The maximum Gasteiger partial charge on any atom is 0.417 e. The summed E-state index contributed by atoms with van der Waals surface area (Å²) < 4.78 is 67.6. The van der Waals surface area contributed by atoms with Crippen LogP contribution in [0, 0.1) is 0 Å². The zero-order valence-electron chi connectivity index (χ0n) is 17.9. The number of hydrogen-bond acceptors (Lipinski definition) is 3. The summed E-state index contributed by atoms with van der Waals surface area (Å²) in [6, 6.07) is 10.0. The predicted molar refractivity (Wildman–Crippen MR) is 122 cm³/mol. The minimum absolute atomic E-state index is 0.0879. The normalized spacial score (nSPS) is 16.0. The summed E-state index contributed by atoms with van der Waals surface area (Å²) >= 11 is 5.71. The van der Waals surface area contributed by atoms with Crippen molar-refractivity contribution in [2.45, 2.75) is 62.1 Å². The van der Waals surface area contributed by atoms with Gasteiger partial charge in [-0.1, -0.05) is 61.9 Å². The third-order valence-corrected chi connectivity index (χ3v) is 7.75. The highest BCUT2D eigenvalue weighted by Gasteiger charge is 2.35. The van der Waals surface area contributed by atoms with Gasteiger partial charge in [-0.2, -0.15) is 13.2 Å². The van der Waals surface area contributed by atoms with Gasteiger partial charge in [0, 0.05) is 6.04 Å². The highest BCUT2D eigenvalue weighted by molar-refractivity contribution is 7.92. The van der Waals surface area contributed by atoms with Crippen LogP contribution in [0.3, 0.4) is 0 Å². The van der Waals surface area contributed by atoms with Gasteiger partial charge in [-0.25, -0.2) is 8.42 Å². The number of halogens is 4. The number of amides is 1. The predicted octanol–water partition coefficient (Wildman–Crippen LogP) is 5.78. The summed E-state index contributed by atoms with van der Waals surface area (Å²) in [5.74, 6) is -0.566. The fourth-order valence-corrected chi connectivity index (χ4v) is 5.58. The molecule has 0 heterocycles. The molecule has 1 fully saturated rings. The molecule has 2 aromatic rings. The highest BCUT2D eigenvalue weighted by atomic mass is 35.5. The number of carbonyl (C=O) groups is 1. The Labute approximate surface area is 197 Å². The van der Waals surface area contributed by atoms with Crippen molar-refractivity contribution in [3.63, 3.8) is 0 Å². The zero-order chi connectivity index (χ0) is 24.1. The van der Waals surface area contributed by atoms with Crippen LogP contribution in [0.15, 0.2) is 53.4 Å². The van der Waals surface area contributed by atoms with E-state index in [9.17, 15) is 26.4 Å². The van der Waals surface area contributed by atoms with Crippen molar-refractivity contribution in [1.82, 2.24) is 5.32 Å². The van der Waals surface area contributed by atoms with Crippen molar-refractivity contribution in [1.29, 1.82) is 0 Å². The second-order valence-corrected chi connectivity index (χ2v) is 10.4. The Morgan fingerprint density at radius 2 is 1.61 bits per heavy atom. The van der Waals surface area contributed by atoms with E-state index in [2.05, 4.69) is 5.32 Å². The smallest absolute Gasteiger partial charge is 0.352 e. The molecule has 5 nitrogen and oxygen atoms in total. The number of benzene rings is 2. The van der Waals surface area contributed by atoms with E-state index in [1.54, 1.807) is 6.07 Å². The lowest BCUT2D eigenvalue weighted by molar-refractivity contribution is -0.137. The molecule has 0 saturated heterocycles. The summed E-state index contributed by atoms with van der Waals surface area (Å²) in [6.45, 7) is -0.646. The van der Waals surface area contributed by atoms with E-state index in [0.717, 1.165) is 51.0 Å². The van der Waals surface area contributed by atoms with Crippen LogP contribution >= 0.6 is 11.6 Å². The molecule has 3 rings (SSSR count). The Morgan fingerprint density at radius 3 is 2.21 bits per heavy atom. The Kier molecular flexibility index (Phi) is 8.28. The molecule has 33 heavy (non-hydrogen) atoms. The lowest BCUT2D eigenvalue weighted by Gasteiger charge is -2.27. The maximum absolute atomic E-state index is 13.4. The summed E-state index contributed by atoms with van der Waals surface area (Å²) in [6.07, 6.45) is 2.02. The van der Waals surface area contributed by atoms with Gasteiger partial charge in [0.25, 0.3) is 10.0 Å². The van der Waals surface area contributed by atoms with Crippen LogP contribution in [0.1, 0.15) is 50.5 Å². The number of sulfonamides is 1. The van der Waals surface area contributed by atoms with Gasteiger partial charge in [0.05, 0.1) is 21.2 Å². The molecule has 1 aliphatic carbocycles. The highest BCUT2D eigenvalue weighted by Crippen LogP contribution is 2.38. The fraction of sp³-hybridized carbons (Fsp3) is 0.435. The van der Waals surface area contributed by atoms with Crippen molar-refractivity contribution < 1.29 is 26.4 Å². The van der Waals surface area contributed by atoms with Crippen molar-refractivity contribution >= 4 is 33.2 Å². The van der Waals surface area contributed by atoms with Crippen molar-refractivity contribution in [2.75, 3.05) is 10.8 Å². The van der Waals surface area contributed by atoms with Gasteiger partial charge in [-0.05, 0) is 43.2 Å². The molecule has 0 aliphatic heterocycles. The molecule has 0 unspecified atom stereocenters. The number of hydrogen-bond donors (Lipinski definition) is 1. The minimum Gasteiger partial charge on any atom is -0.352 e. The van der Waals surface area contributed by atoms with Gasteiger partial charge in [0.15, 0.2) is 0 Å². The first-order chi connectivity index (χ1) is 15.6. The topological polar surface area (TPSA) is 66.5 Å². The van der Waals surface area contributed by atoms with Crippen LogP contribution < -0.4 is 9.62 Å². The van der Waals surface area contributed by atoms with Crippen LogP contribution in [-0.4, -0.2) is 26.9 Å². The third-order valence-electron chi connectivity index (χ3n) is 5.63. The van der Waals surface area contributed by atoms with E-state index in [4.69, 9.17) is 11.6 Å². The van der Waals surface area contributed by atoms with Gasteiger partial charge < -0.3 is 5.32 Å². The summed E-state index contributed by atoms with van der Waals surface area (Å²) in [7, 11) is -4.32. The van der Waals surface area contributed by atoms with E-state index in [0.29, 0.717) is 10.4 Å². The molecule has 1 amide bonds. The molecule has 180 valence electrons. The number of anilines is 1. The van der Waals surface area contributed by atoms with E-state index in [1.165, 1.54) is 30.3 Å². The molecular formula is C23H26ClF3N2O3S. The average molecular weight is 503 g/mol. The van der Waals surface area contributed by atoms with Crippen LogP contribution in [0.25, 0.3) is 0 Å². The first kappa shape index (κ1) is 25.4. The molecule has 0 radical (unpaired) electrons. The number of alkyl halides is 3. The van der Waals surface area contributed by atoms with Crippen LogP contribution in [0.5, 0.6) is 0 Å². The second-order valence-electron chi connectivity index (χ2n) is 8.10. The fourth-order valence-electron chi connectivity index (χ4n) is 3.92. The number of rotatable bonds is 6. The monoisotopic (exact) mass is 502 g/mol. The molecule has 0 spiro atoms. The summed E-state index contributed by atoms with van der Waals surface area (Å²) in [5, 5.41) is 2.32. The quantitative estimate of drug-likeness (QED) is 0.544. The zero-order valence-corrected chi connectivity index (χ0v) is 19.5. The molecule has 0 aromatic heterocycles. The standard InChI is InChI=1S/C23H26ClF3N2O3S/c24-21-14-13-18(15-20(21)23(25,26)27)29(33(31,32)19-11-7-4-8-12-19)16-22(30)28-17-9-5-2-1-3-6-10-17/h4,7-8,11-15,17H,1-3,5-6,9-10,16H2,(H,28,30). The van der Waals surface area contributed by atoms with E-state index < -0.39 is 39.2 Å². The molecule has 1 aliphatic rings. The van der Waals surface area contributed by atoms with Gasteiger partial charge in [-0.15, -0.1) is 0 Å². The van der Waals surface area contributed by atoms with Gasteiger partial charge in [-0.3, -0.25) is 9.10 Å². The Balaban J connectivity index is 1.94. The Morgan fingerprint density at radius 1 is 1.00 bits per heavy atom. The first-order valence-electron chi connectivity index (χ1n) is 10.8. The lowest BCUT2D eigenvalue weighted by Crippen LogP contribution is -2.44. The van der Waals surface area contributed by atoms with Crippen LogP contribution in [0.4, 0.5) is 18.9 Å². The number of nitrogens with one attached hydrogen (secondary N) is 1. The third kappa shape index (κ3) is 6.63. The average Bonchev–Trinajstić information content (AvgIpc) is 2.74. The molecular weight excluding hydrogens is 477 g/mol. The van der Waals surface area contributed by atoms with Gasteiger partial charge >= 0.3 is 6.18 Å². The van der Waals surface area contributed by atoms with Crippen molar-refractivity contribution in [3.05, 3.63) is 59.1 Å². The number of carbonyl (C=O) groups excluding carboxylic acids is 1.